The van der Waals surface area contributed by atoms with Crippen molar-refractivity contribution in [2.45, 2.75) is 77.7 Å². The lowest BCUT2D eigenvalue weighted by atomic mass is 9.93. The number of guanidine groups is 1. The molecule has 0 aromatic heterocycles. The summed E-state index contributed by atoms with van der Waals surface area (Å²) >= 11 is 0. The fourth-order valence-corrected chi connectivity index (χ4v) is 4.74. The van der Waals surface area contributed by atoms with Crippen LogP contribution in [0.2, 0.25) is 0 Å². The molecule has 8 heteroatoms. The van der Waals surface area contributed by atoms with Gasteiger partial charge in [-0.2, -0.15) is 0 Å². The molecule has 1 saturated carbocycles. The van der Waals surface area contributed by atoms with Crippen molar-refractivity contribution in [1.29, 1.82) is 0 Å². The van der Waals surface area contributed by atoms with Crippen molar-refractivity contribution >= 4 is 35.8 Å². The van der Waals surface area contributed by atoms with Crippen molar-refractivity contribution in [3.05, 3.63) is 0 Å². The third-order valence-corrected chi connectivity index (χ3v) is 6.42. The van der Waals surface area contributed by atoms with E-state index >= 15 is 0 Å². The number of halogens is 1. The Kier molecular flexibility index (Phi) is 14.0. The van der Waals surface area contributed by atoms with Crippen molar-refractivity contribution in [1.82, 2.24) is 20.4 Å². The smallest absolute Gasteiger partial charge is 0.225 e. The summed E-state index contributed by atoms with van der Waals surface area (Å²) in [5, 5.41) is 17.5. The Morgan fingerprint density at radius 1 is 1.03 bits per heavy atom. The maximum absolute atomic E-state index is 12.6. The summed E-state index contributed by atoms with van der Waals surface area (Å²) in [6, 6.07) is 0. The standard InChI is InChI=1S/C23H45N5O2.HI/c1-4-11-23(30,12-5-2)19-26-22(24-6-3)25-13-14-27-15-17-28(18-16-27)21(29)20-9-7-8-10-20;/h20,30H,4-19H2,1-3H3,(H2,24,25,26);1H. The zero-order valence-corrected chi connectivity index (χ0v) is 22.3. The second-order valence-corrected chi connectivity index (χ2v) is 8.99. The number of rotatable bonds is 11. The second-order valence-electron chi connectivity index (χ2n) is 8.99. The van der Waals surface area contributed by atoms with Crippen molar-refractivity contribution < 1.29 is 9.90 Å². The first kappa shape index (κ1) is 28.4. The van der Waals surface area contributed by atoms with Crippen molar-refractivity contribution in [3.8, 4) is 0 Å². The van der Waals surface area contributed by atoms with E-state index in [-0.39, 0.29) is 29.9 Å². The summed E-state index contributed by atoms with van der Waals surface area (Å²) in [5.41, 5.74) is -0.700. The Hall–Kier alpha value is -0.610. The Morgan fingerprint density at radius 2 is 1.65 bits per heavy atom. The van der Waals surface area contributed by atoms with Crippen LogP contribution >= 0.6 is 24.0 Å². The van der Waals surface area contributed by atoms with E-state index in [9.17, 15) is 9.90 Å². The molecular weight excluding hydrogens is 505 g/mol. The molecule has 0 radical (unpaired) electrons. The van der Waals surface area contributed by atoms with E-state index in [0.717, 1.165) is 90.3 Å². The van der Waals surface area contributed by atoms with E-state index in [1.54, 1.807) is 0 Å². The minimum Gasteiger partial charge on any atom is -0.388 e. The van der Waals surface area contributed by atoms with Crippen LogP contribution in [0.5, 0.6) is 0 Å². The van der Waals surface area contributed by atoms with E-state index in [0.29, 0.717) is 12.5 Å². The number of piperazine rings is 1. The summed E-state index contributed by atoms with van der Waals surface area (Å²) in [6.07, 6.45) is 8.10. The first-order chi connectivity index (χ1) is 14.5. The summed E-state index contributed by atoms with van der Waals surface area (Å²) in [7, 11) is 0. The quantitative estimate of drug-likeness (QED) is 0.209. The van der Waals surface area contributed by atoms with Crippen LogP contribution in [-0.2, 0) is 4.79 Å². The molecule has 2 aliphatic rings. The predicted molar refractivity (Wildman–Crippen MR) is 139 cm³/mol. The summed E-state index contributed by atoms with van der Waals surface area (Å²) in [5.74, 6) is 1.45. The van der Waals surface area contributed by atoms with Gasteiger partial charge in [-0.05, 0) is 32.6 Å². The minimum absolute atomic E-state index is 0. The van der Waals surface area contributed by atoms with Gasteiger partial charge in [0.15, 0.2) is 5.96 Å². The van der Waals surface area contributed by atoms with Gasteiger partial charge in [-0.25, -0.2) is 0 Å². The van der Waals surface area contributed by atoms with Crippen LogP contribution in [0.4, 0.5) is 0 Å². The van der Waals surface area contributed by atoms with Gasteiger partial charge in [0, 0.05) is 51.7 Å². The largest absolute Gasteiger partial charge is 0.388 e. The first-order valence-corrected chi connectivity index (χ1v) is 12.3. The monoisotopic (exact) mass is 551 g/mol. The maximum atomic E-state index is 12.6. The number of hydrogen-bond donors (Lipinski definition) is 3. The van der Waals surface area contributed by atoms with E-state index in [1.807, 2.05) is 0 Å². The molecule has 1 saturated heterocycles. The zero-order valence-electron chi connectivity index (χ0n) is 20.0. The fourth-order valence-electron chi connectivity index (χ4n) is 4.74. The lowest BCUT2D eigenvalue weighted by molar-refractivity contribution is -0.137. The molecule has 182 valence electrons. The summed E-state index contributed by atoms with van der Waals surface area (Å²) < 4.78 is 0. The second kappa shape index (κ2) is 15.3. The summed E-state index contributed by atoms with van der Waals surface area (Å²) in [6.45, 7) is 12.8. The third kappa shape index (κ3) is 9.82. The molecule has 1 aliphatic carbocycles. The van der Waals surface area contributed by atoms with Gasteiger partial charge in [0.25, 0.3) is 0 Å². The highest BCUT2D eigenvalue weighted by molar-refractivity contribution is 14.0. The first-order valence-electron chi connectivity index (χ1n) is 12.3. The highest BCUT2D eigenvalue weighted by Crippen LogP contribution is 2.26. The molecule has 31 heavy (non-hydrogen) atoms. The van der Waals surface area contributed by atoms with Crippen LogP contribution in [0.25, 0.3) is 0 Å². The molecule has 0 aromatic rings. The zero-order chi connectivity index (χ0) is 21.8. The Bertz CT molecular complexity index is 526. The Labute approximate surface area is 206 Å². The topological polar surface area (TPSA) is 80.2 Å². The third-order valence-electron chi connectivity index (χ3n) is 6.42. The fraction of sp³-hybridized carbons (Fsp3) is 0.913. The molecule has 3 N–H and O–H groups in total. The number of nitrogens with one attached hydrogen (secondary N) is 2. The Morgan fingerprint density at radius 3 is 2.19 bits per heavy atom. The van der Waals surface area contributed by atoms with Gasteiger partial charge in [-0.1, -0.05) is 39.5 Å². The SMILES string of the molecule is CCCC(O)(CCC)CN=C(NCC)NCCN1CCN(C(=O)C2CCCC2)CC1.I. The molecule has 0 spiro atoms. The van der Waals surface area contributed by atoms with Gasteiger partial charge in [0.1, 0.15) is 0 Å². The van der Waals surface area contributed by atoms with E-state index in [2.05, 4.69) is 46.2 Å². The number of aliphatic hydroxyl groups is 1. The average Bonchev–Trinajstić information content (AvgIpc) is 3.27. The van der Waals surface area contributed by atoms with E-state index in [1.165, 1.54) is 12.8 Å². The molecule has 0 atom stereocenters. The lowest BCUT2D eigenvalue weighted by Gasteiger charge is -2.36. The number of hydrogen-bond acceptors (Lipinski definition) is 4. The van der Waals surface area contributed by atoms with Crippen LogP contribution in [0.1, 0.15) is 72.1 Å². The van der Waals surface area contributed by atoms with Gasteiger partial charge in [-0.3, -0.25) is 14.7 Å². The van der Waals surface area contributed by atoms with Crippen molar-refractivity contribution in [2.75, 3.05) is 52.4 Å². The molecule has 7 nitrogen and oxygen atoms in total. The van der Waals surface area contributed by atoms with Gasteiger partial charge < -0.3 is 20.6 Å². The highest BCUT2D eigenvalue weighted by Gasteiger charge is 2.29. The van der Waals surface area contributed by atoms with Crippen LogP contribution < -0.4 is 10.6 Å². The van der Waals surface area contributed by atoms with Crippen LogP contribution in [0.15, 0.2) is 4.99 Å². The van der Waals surface area contributed by atoms with E-state index < -0.39 is 5.60 Å². The van der Waals surface area contributed by atoms with Gasteiger partial charge in [0.2, 0.25) is 5.91 Å². The van der Waals surface area contributed by atoms with Crippen LogP contribution in [0.3, 0.4) is 0 Å². The minimum atomic E-state index is -0.700. The molecule has 0 bridgehead atoms. The molecular formula is C23H46IN5O2. The van der Waals surface area contributed by atoms with Crippen molar-refractivity contribution in [3.63, 3.8) is 0 Å². The molecule has 1 aliphatic heterocycles. The van der Waals surface area contributed by atoms with E-state index in [4.69, 9.17) is 0 Å². The molecule has 1 amide bonds. The van der Waals surface area contributed by atoms with Crippen LogP contribution in [-0.4, -0.2) is 84.7 Å². The number of carbonyl (C=O) groups excluding carboxylic acids is 1. The van der Waals surface area contributed by atoms with Gasteiger partial charge in [0.05, 0.1) is 12.1 Å². The molecule has 0 aromatic carbocycles. The maximum Gasteiger partial charge on any atom is 0.225 e. The van der Waals surface area contributed by atoms with Crippen LogP contribution in [0, 0.1) is 5.92 Å². The molecule has 2 rings (SSSR count). The van der Waals surface area contributed by atoms with Gasteiger partial charge >= 0.3 is 0 Å². The lowest BCUT2D eigenvalue weighted by Crippen LogP contribution is -2.52. The number of aliphatic imine (C=N–C) groups is 1. The summed E-state index contributed by atoms with van der Waals surface area (Å²) in [4.78, 5) is 21.7. The molecule has 0 unspecified atom stereocenters. The Balaban J connectivity index is 0.00000480. The number of carbonyl (C=O) groups is 1. The predicted octanol–water partition coefficient (Wildman–Crippen LogP) is 2.83. The normalized spacial score (nSPS) is 18.7. The molecule has 1 heterocycles. The highest BCUT2D eigenvalue weighted by atomic mass is 127. The molecule has 2 fully saturated rings. The van der Waals surface area contributed by atoms with Gasteiger partial charge in [-0.15, -0.1) is 24.0 Å². The average molecular weight is 552 g/mol. The van der Waals surface area contributed by atoms with Crippen molar-refractivity contribution in [2.24, 2.45) is 10.9 Å². The number of nitrogens with zero attached hydrogens (tertiary/aromatic N) is 3. The number of amides is 1.